The van der Waals surface area contributed by atoms with E-state index >= 15 is 0 Å². The van der Waals surface area contributed by atoms with Crippen LogP contribution in [-0.2, 0) is 13.0 Å². The van der Waals surface area contributed by atoms with Crippen molar-refractivity contribution in [1.29, 1.82) is 0 Å². The van der Waals surface area contributed by atoms with E-state index in [0.717, 1.165) is 33.2 Å². The first-order valence-electron chi connectivity index (χ1n) is 10.3. The average molecular weight is 417 g/mol. The number of nitrogens with zero attached hydrogens (tertiary/aromatic N) is 6. The molecule has 30 heavy (non-hydrogen) atoms. The highest BCUT2D eigenvalue weighted by atomic mass is 32.1. The fraction of sp³-hybridized carbons (Fsp3) is 0.304. The van der Waals surface area contributed by atoms with Gasteiger partial charge < -0.3 is 4.57 Å². The molecule has 3 heterocycles. The molecule has 0 unspecified atom stereocenters. The molecule has 0 aliphatic carbocycles. The number of fused-ring (bicyclic) bond motifs is 2. The van der Waals surface area contributed by atoms with E-state index in [1.165, 1.54) is 11.1 Å². The molecule has 0 bridgehead atoms. The van der Waals surface area contributed by atoms with Gasteiger partial charge in [0.05, 0.1) is 23.9 Å². The predicted octanol–water partition coefficient (Wildman–Crippen LogP) is 4.93. The second kappa shape index (κ2) is 7.65. The summed E-state index contributed by atoms with van der Waals surface area (Å²) in [6.07, 6.45) is 2.96. The van der Waals surface area contributed by atoms with E-state index < -0.39 is 0 Å². The number of benzene rings is 2. The number of para-hydroxylation sites is 2. The second-order valence-corrected chi connectivity index (χ2v) is 9.16. The summed E-state index contributed by atoms with van der Waals surface area (Å²) in [5, 5.41) is 14.6. The van der Waals surface area contributed by atoms with Crippen LogP contribution in [0.3, 0.4) is 0 Å². The minimum Gasteiger partial charge on any atom is -0.323 e. The van der Waals surface area contributed by atoms with Gasteiger partial charge in [-0.1, -0.05) is 68.5 Å². The summed E-state index contributed by atoms with van der Waals surface area (Å²) in [6, 6.07) is 17.0. The zero-order chi connectivity index (χ0) is 20.7. The average Bonchev–Trinajstić information content (AvgIpc) is 3.44. The van der Waals surface area contributed by atoms with Crippen molar-refractivity contribution < 1.29 is 0 Å². The van der Waals surface area contributed by atoms with E-state index in [2.05, 4.69) is 70.9 Å². The third-order valence-corrected chi connectivity index (χ3v) is 6.49. The highest BCUT2D eigenvalue weighted by molar-refractivity contribution is 7.16. The molecule has 0 aliphatic rings. The van der Waals surface area contributed by atoms with Crippen molar-refractivity contribution in [3.05, 3.63) is 76.8 Å². The van der Waals surface area contributed by atoms with Gasteiger partial charge in [-0.25, -0.2) is 4.98 Å². The van der Waals surface area contributed by atoms with Gasteiger partial charge in [-0.2, -0.15) is 9.61 Å². The maximum absolute atomic E-state index is 4.86. The molecule has 3 aromatic heterocycles. The number of imidazole rings is 1. The Morgan fingerprint density at radius 2 is 1.77 bits per heavy atom. The normalized spacial score (nSPS) is 12.9. The van der Waals surface area contributed by atoms with E-state index in [-0.39, 0.29) is 5.92 Å². The molecular formula is C23H24N6S. The molecule has 5 rings (SSSR count). The summed E-state index contributed by atoms with van der Waals surface area (Å²) in [5.74, 6) is 1.69. The summed E-state index contributed by atoms with van der Waals surface area (Å²) in [6.45, 7) is 7.29. The Balaban J connectivity index is 1.41. The van der Waals surface area contributed by atoms with Crippen molar-refractivity contribution in [1.82, 2.24) is 29.4 Å². The van der Waals surface area contributed by atoms with Crippen LogP contribution in [0.4, 0.5) is 0 Å². The summed E-state index contributed by atoms with van der Waals surface area (Å²) in [4.78, 5) is 5.29. The van der Waals surface area contributed by atoms with Gasteiger partial charge in [-0.3, -0.25) is 0 Å². The van der Waals surface area contributed by atoms with Crippen LogP contribution in [-0.4, -0.2) is 29.4 Å². The van der Waals surface area contributed by atoms with E-state index in [9.17, 15) is 0 Å². The van der Waals surface area contributed by atoms with Gasteiger partial charge in [0.25, 0.3) is 0 Å². The lowest BCUT2D eigenvalue weighted by Gasteiger charge is -2.10. The molecule has 0 fully saturated rings. The van der Waals surface area contributed by atoms with Crippen molar-refractivity contribution >= 4 is 27.3 Å². The van der Waals surface area contributed by atoms with Crippen LogP contribution in [0.2, 0.25) is 0 Å². The Morgan fingerprint density at radius 3 is 2.57 bits per heavy atom. The molecule has 5 aromatic rings. The number of aromatic nitrogens is 6. The topological polar surface area (TPSA) is 60.9 Å². The molecule has 0 N–H and O–H groups in total. The van der Waals surface area contributed by atoms with Crippen LogP contribution in [0.15, 0.2) is 54.9 Å². The molecule has 1 atom stereocenters. The molecule has 0 spiro atoms. The Hall–Kier alpha value is -3.06. The smallest absolute Gasteiger partial charge is 0.234 e. The number of hydrogen-bond donors (Lipinski definition) is 0. The lowest BCUT2D eigenvalue weighted by Crippen LogP contribution is -2.05. The number of hydrogen-bond acceptors (Lipinski definition) is 5. The minimum atomic E-state index is 0.215. The third kappa shape index (κ3) is 3.50. The van der Waals surface area contributed by atoms with Gasteiger partial charge in [-0.15, -0.1) is 10.2 Å². The van der Waals surface area contributed by atoms with Gasteiger partial charge in [0.2, 0.25) is 4.96 Å². The standard InChI is InChI=1S/C23H24N6S/c1-15(2)12-17-8-10-18(11-9-17)16(3)22-27-29-21(25-26-23(29)30-22)13-28-14-24-19-6-4-5-7-20(19)28/h4-11,14-16H,12-13H2,1-3H3/t16-/m1/s1. The molecule has 0 radical (unpaired) electrons. The van der Waals surface area contributed by atoms with Gasteiger partial charge in [0.1, 0.15) is 5.01 Å². The van der Waals surface area contributed by atoms with Crippen molar-refractivity contribution in [2.45, 2.75) is 39.7 Å². The highest BCUT2D eigenvalue weighted by Crippen LogP contribution is 2.29. The highest BCUT2D eigenvalue weighted by Gasteiger charge is 2.18. The Kier molecular flexibility index (Phi) is 4.83. The molecule has 2 aromatic carbocycles. The van der Waals surface area contributed by atoms with E-state index in [1.807, 2.05) is 29.0 Å². The predicted molar refractivity (Wildman–Crippen MR) is 120 cm³/mol. The molecule has 0 aliphatic heterocycles. The Bertz CT molecular complexity index is 1290. The molecule has 6 nitrogen and oxygen atoms in total. The van der Waals surface area contributed by atoms with E-state index in [0.29, 0.717) is 12.5 Å². The molecule has 0 saturated carbocycles. The monoisotopic (exact) mass is 416 g/mol. The van der Waals surface area contributed by atoms with Gasteiger partial charge >= 0.3 is 0 Å². The lowest BCUT2D eigenvalue weighted by molar-refractivity contribution is 0.647. The Labute approximate surface area is 179 Å². The van der Waals surface area contributed by atoms with Crippen LogP contribution in [0.5, 0.6) is 0 Å². The quantitative estimate of drug-likeness (QED) is 0.394. The van der Waals surface area contributed by atoms with E-state index in [1.54, 1.807) is 11.3 Å². The molecule has 0 amide bonds. The molecule has 7 heteroatoms. The first kappa shape index (κ1) is 18.9. The summed E-state index contributed by atoms with van der Waals surface area (Å²) < 4.78 is 3.96. The minimum absolute atomic E-state index is 0.215. The van der Waals surface area contributed by atoms with Crippen molar-refractivity contribution in [2.24, 2.45) is 5.92 Å². The SMILES string of the molecule is CC(C)Cc1ccc([C@@H](C)c2nn3c(Cn4cnc5ccccc54)nnc3s2)cc1. The number of rotatable bonds is 6. The second-order valence-electron chi connectivity index (χ2n) is 8.17. The van der Waals surface area contributed by atoms with Crippen LogP contribution in [0.25, 0.3) is 16.0 Å². The third-order valence-electron chi connectivity index (χ3n) is 5.40. The summed E-state index contributed by atoms with van der Waals surface area (Å²) in [7, 11) is 0. The van der Waals surface area contributed by atoms with Gasteiger partial charge in [0.15, 0.2) is 5.82 Å². The van der Waals surface area contributed by atoms with Crippen molar-refractivity contribution in [3.8, 4) is 0 Å². The van der Waals surface area contributed by atoms with Crippen molar-refractivity contribution in [3.63, 3.8) is 0 Å². The van der Waals surface area contributed by atoms with Crippen LogP contribution in [0, 0.1) is 5.92 Å². The molecule has 152 valence electrons. The Morgan fingerprint density at radius 1 is 0.967 bits per heavy atom. The maximum atomic E-state index is 4.86. The molecule has 0 saturated heterocycles. The van der Waals surface area contributed by atoms with Crippen LogP contribution in [0.1, 0.15) is 48.6 Å². The van der Waals surface area contributed by atoms with E-state index in [4.69, 9.17) is 5.10 Å². The molecular weight excluding hydrogens is 392 g/mol. The zero-order valence-electron chi connectivity index (χ0n) is 17.4. The van der Waals surface area contributed by atoms with Gasteiger partial charge in [0, 0.05) is 5.92 Å². The lowest BCUT2D eigenvalue weighted by atomic mass is 9.97. The summed E-state index contributed by atoms with van der Waals surface area (Å²) >= 11 is 1.61. The first-order chi connectivity index (χ1) is 14.6. The van der Waals surface area contributed by atoms with Crippen LogP contribution < -0.4 is 0 Å². The first-order valence-corrected chi connectivity index (χ1v) is 11.1. The summed E-state index contributed by atoms with van der Waals surface area (Å²) in [5.41, 5.74) is 4.72. The van der Waals surface area contributed by atoms with Crippen molar-refractivity contribution in [2.75, 3.05) is 0 Å². The van der Waals surface area contributed by atoms with Crippen LogP contribution >= 0.6 is 11.3 Å². The van der Waals surface area contributed by atoms with Gasteiger partial charge in [-0.05, 0) is 35.6 Å². The fourth-order valence-electron chi connectivity index (χ4n) is 3.79. The fourth-order valence-corrected chi connectivity index (χ4v) is 4.73. The maximum Gasteiger partial charge on any atom is 0.234 e. The largest absolute Gasteiger partial charge is 0.323 e. The zero-order valence-corrected chi connectivity index (χ0v) is 18.2.